The molecule has 0 aromatic heterocycles. The highest BCUT2D eigenvalue weighted by molar-refractivity contribution is 7.89. The van der Waals surface area contributed by atoms with Crippen molar-refractivity contribution < 1.29 is 18.3 Å². The summed E-state index contributed by atoms with van der Waals surface area (Å²) < 4.78 is 28.2. The number of benzene rings is 2. The predicted molar refractivity (Wildman–Crippen MR) is 103 cm³/mol. The van der Waals surface area contributed by atoms with Crippen molar-refractivity contribution >= 4 is 15.9 Å². The van der Waals surface area contributed by atoms with Gasteiger partial charge in [-0.05, 0) is 37.5 Å². The van der Waals surface area contributed by atoms with E-state index in [0.29, 0.717) is 18.7 Å². The van der Waals surface area contributed by atoms with E-state index < -0.39 is 28.1 Å². The molecule has 3 rings (SSSR count). The lowest BCUT2D eigenvalue weighted by molar-refractivity contribution is -0.140. The second-order valence-electron chi connectivity index (χ2n) is 6.80. The molecular formula is C20H24N2O4S. The van der Waals surface area contributed by atoms with E-state index in [0.717, 1.165) is 18.4 Å². The number of nitrogens with zero attached hydrogens (tertiary/aromatic N) is 1. The van der Waals surface area contributed by atoms with Crippen molar-refractivity contribution in [2.45, 2.75) is 36.8 Å². The van der Waals surface area contributed by atoms with Crippen LogP contribution >= 0.6 is 0 Å². The molecule has 1 fully saturated rings. The molecule has 0 aliphatic carbocycles. The molecule has 1 amide bonds. The van der Waals surface area contributed by atoms with E-state index in [2.05, 4.69) is 4.72 Å². The number of rotatable bonds is 6. The summed E-state index contributed by atoms with van der Waals surface area (Å²) in [4.78, 5) is 14.3. The monoisotopic (exact) mass is 388 g/mol. The van der Waals surface area contributed by atoms with Crippen molar-refractivity contribution in [3.05, 3.63) is 65.7 Å². The zero-order valence-corrected chi connectivity index (χ0v) is 16.0. The molecule has 7 heteroatoms. The lowest BCUT2D eigenvalue weighted by Crippen LogP contribution is -2.46. The van der Waals surface area contributed by atoms with E-state index in [1.54, 1.807) is 47.4 Å². The number of likely N-dealkylation sites (tertiary alicyclic amines) is 1. The number of hydrogen-bond donors (Lipinski definition) is 2. The smallest absolute Gasteiger partial charge is 0.253 e. The first kappa shape index (κ1) is 19.5. The van der Waals surface area contributed by atoms with Gasteiger partial charge in [0.1, 0.15) is 0 Å². The summed E-state index contributed by atoms with van der Waals surface area (Å²) >= 11 is 0. The normalized spacial score (nSPS) is 16.9. The van der Waals surface area contributed by atoms with Crippen LogP contribution in [0.1, 0.15) is 30.0 Å². The van der Waals surface area contributed by atoms with E-state index in [1.165, 1.54) is 12.1 Å². The number of nitrogens with one attached hydrogen (secondary N) is 1. The van der Waals surface area contributed by atoms with E-state index in [9.17, 15) is 18.3 Å². The molecule has 1 aliphatic rings. The highest BCUT2D eigenvalue weighted by Crippen LogP contribution is 2.23. The van der Waals surface area contributed by atoms with Gasteiger partial charge in [0.15, 0.2) is 6.10 Å². The molecule has 144 valence electrons. The maximum absolute atomic E-state index is 12.8. The molecule has 0 spiro atoms. The van der Waals surface area contributed by atoms with Crippen molar-refractivity contribution in [3.8, 4) is 0 Å². The molecule has 27 heavy (non-hydrogen) atoms. The van der Waals surface area contributed by atoms with Gasteiger partial charge in [0.2, 0.25) is 10.0 Å². The molecule has 0 bridgehead atoms. The Bertz CT molecular complexity index is 876. The Kier molecular flexibility index (Phi) is 5.94. The van der Waals surface area contributed by atoms with Crippen LogP contribution in [-0.4, -0.2) is 43.5 Å². The molecule has 0 unspecified atom stereocenters. The number of carbonyl (C=O) groups excluding carboxylic acids is 1. The van der Waals surface area contributed by atoms with E-state index >= 15 is 0 Å². The molecule has 0 radical (unpaired) electrons. The standard InChI is InChI=1S/C20H24N2O4S/c1-15-9-11-17(12-10-15)27(25,26)21-18(16-7-3-2-4-8-16)19(23)20(24)22-13-5-6-14-22/h2-4,7-12,18-19,21,23H,5-6,13-14H2,1H3/t18-,19+/m0/s1. The maximum Gasteiger partial charge on any atom is 0.253 e. The topological polar surface area (TPSA) is 86.7 Å². The predicted octanol–water partition coefficient (Wildman–Crippen LogP) is 2.00. The van der Waals surface area contributed by atoms with E-state index in [-0.39, 0.29) is 4.90 Å². The van der Waals surface area contributed by atoms with Gasteiger partial charge in [-0.25, -0.2) is 13.1 Å². The molecule has 2 aromatic carbocycles. The summed E-state index contributed by atoms with van der Waals surface area (Å²) in [5.74, 6) is -0.451. The van der Waals surface area contributed by atoms with Crippen LogP contribution in [0.2, 0.25) is 0 Å². The largest absolute Gasteiger partial charge is 0.381 e. The maximum atomic E-state index is 12.8. The second kappa shape index (κ2) is 8.21. The highest BCUT2D eigenvalue weighted by Gasteiger charge is 2.35. The summed E-state index contributed by atoms with van der Waals surface area (Å²) in [6.45, 7) is 3.04. The molecule has 0 saturated carbocycles. The zero-order valence-electron chi connectivity index (χ0n) is 15.2. The van der Waals surface area contributed by atoms with Crippen LogP contribution in [0.4, 0.5) is 0 Å². The Hall–Kier alpha value is -2.22. The summed E-state index contributed by atoms with van der Waals surface area (Å²) in [7, 11) is -3.91. The number of amides is 1. The molecule has 6 nitrogen and oxygen atoms in total. The van der Waals surface area contributed by atoms with Crippen LogP contribution in [0.15, 0.2) is 59.5 Å². The number of hydrogen-bond acceptors (Lipinski definition) is 4. The Balaban J connectivity index is 1.90. The van der Waals surface area contributed by atoms with Crippen LogP contribution in [0.3, 0.4) is 0 Å². The van der Waals surface area contributed by atoms with Gasteiger partial charge in [0.05, 0.1) is 10.9 Å². The molecule has 2 atom stereocenters. The summed E-state index contributed by atoms with van der Waals surface area (Å²) in [5, 5.41) is 10.7. The molecule has 1 heterocycles. The number of sulfonamides is 1. The van der Waals surface area contributed by atoms with Gasteiger partial charge in [0.25, 0.3) is 5.91 Å². The Morgan fingerprint density at radius 1 is 1.04 bits per heavy atom. The van der Waals surface area contributed by atoms with Gasteiger partial charge in [-0.1, -0.05) is 48.0 Å². The third kappa shape index (κ3) is 4.55. The molecule has 1 aliphatic heterocycles. The number of aryl methyl sites for hydroxylation is 1. The van der Waals surface area contributed by atoms with Crippen molar-refractivity contribution in [1.82, 2.24) is 9.62 Å². The minimum absolute atomic E-state index is 0.0925. The zero-order chi connectivity index (χ0) is 19.4. The highest BCUT2D eigenvalue weighted by atomic mass is 32.2. The first-order valence-corrected chi connectivity index (χ1v) is 10.5. The molecule has 2 aromatic rings. The van der Waals surface area contributed by atoms with Gasteiger partial charge in [-0.3, -0.25) is 4.79 Å². The van der Waals surface area contributed by atoms with Crippen molar-refractivity contribution in [2.75, 3.05) is 13.1 Å². The molecular weight excluding hydrogens is 364 g/mol. The average molecular weight is 388 g/mol. The fraction of sp³-hybridized carbons (Fsp3) is 0.350. The third-order valence-electron chi connectivity index (χ3n) is 4.76. The van der Waals surface area contributed by atoms with Gasteiger partial charge in [-0.15, -0.1) is 0 Å². The lowest BCUT2D eigenvalue weighted by atomic mass is 10.0. The van der Waals surface area contributed by atoms with Crippen molar-refractivity contribution in [1.29, 1.82) is 0 Å². The van der Waals surface area contributed by atoms with Crippen LogP contribution in [0.25, 0.3) is 0 Å². The summed E-state index contributed by atoms with van der Waals surface area (Å²) in [5.41, 5.74) is 1.48. The lowest BCUT2D eigenvalue weighted by Gasteiger charge is -2.27. The van der Waals surface area contributed by atoms with Gasteiger partial charge < -0.3 is 10.0 Å². The minimum Gasteiger partial charge on any atom is -0.381 e. The average Bonchev–Trinajstić information content (AvgIpc) is 3.21. The van der Waals surface area contributed by atoms with Gasteiger partial charge >= 0.3 is 0 Å². The third-order valence-corrected chi connectivity index (χ3v) is 6.22. The van der Waals surface area contributed by atoms with Crippen molar-refractivity contribution in [3.63, 3.8) is 0 Å². The second-order valence-corrected chi connectivity index (χ2v) is 8.51. The quantitative estimate of drug-likeness (QED) is 0.792. The fourth-order valence-corrected chi connectivity index (χ4v) is 4.42. The molecule has 2 N–H and O–H groups in total. The summed E-state index contributed by atoms with van der Waals surface area (Å²) in [6, 6.07) is 14.0. The van der Waals surface area contributed by atoms with Crippen LogP contribution < -0.4 is 4.72 Å². The van der Waals surface area contributed by atoms with Crippen LogP contribution in [-0.2, 0) is 14.8 Å². The number of carbonyl (C=O) groups is 1. The Morgan fingerprint density at radius 2 is 1.63 bits per heavy atom. The van der Waals surface area contributed by atoms with Gasteiger partial charge in [0, 0.05) is 13.1 Å². The van der Waals surface area contributed by atoms with E-state index in [1.807, 2.05) is 6.92 Å². The number of aliphatic hydroxyl groups is 1. The Labute approximate surface area is 159 Å². The molecule has 1 saturated heterocycles. The fourth-order valence-electron chi connectivity index (χ4n) is 3.19. The van der Waals surface area contributed by atoms with E-state index in [4.69, 9.17) is 0 Å². The van der Waals surface area contributed by atoms with Crippen molar-refractivity contribution in [2.24, 2.45) is 0 Å². The minimum atomic E-state index is -3.91. The number of aliphatic hydroxyl groups excluding tert-OH is 1. The Morgan fingerprint density at radius 3 is 2.22 bits per heavy atom. The van der Waals surface area contributed by atoms with Crippen LogP contribution in [0, 0.1) is 6.92 Å². The SMILES string of the molecule is Cc1ccc(S(=O)(=O)N[C@@H](c2ccccc2)[C@@H](O)C(=O)N2CCCC2)cc1. The summed E-state index contributed by atoms with van der Waals surface area (Å²) in [6.07, 6.45) is 0.290. The first-order chi connectivity index (χ1) is 12.9. The first-order valence-electron chi connectivity index (χ1n) is 8.99. The van der Waals surface area contributed by atoms with Crippen LogP contribution in [0.5, 0.6) is 0 Å². The van der Waals surface area contributed by atoms with Gasteiger partial charge in [-0.2, -0.15) is 0 Å².